The van der Waals surface area contributed by atoms with Crippen LogP contribution in [0.3, 0.4) is 0 Å². The Bertz CT molecular complexity index is 1030. The Kier molecular flexibility index (Phi) is 52.7. The quantitative estimate of drug-likeness (QED) is 0.0274. The maximum atomic E-state index is 12.5. The normalized spacial score (nSPS) is 12.2. The van der Waals surface area contributed by atoms with Crippen molar-refractivity contribution in [3.63, 3.8) is 0 Å². The molecule has 67 heavy (non-hydrogen) atoms. The van der Waals surface area contributed by atoms with Gasteiger partial charge in [0.15, 0.2) is 12.6 Å². The molecule has 10 heteroatoms. The van der Waals surface area contributed by atoms with E-state index in [1.165, 1.54) is 0 Å². The summed E-state index contributed by atoms with van der Waals surface area (Å²) in [6.45, 7) is 15.4. The fraction of sp³-hybridized carbons (Fsp3) is 0.825. The minimum absolute atomic E-state index is 0.171. The van der Waals surface area contributed by atoms with E-state index in [0.717, 1.165) is 193 Å². The van der Waals surface area contributed by atoms with Crippen molar-refractivity contribution < 1.29 is 43.1 Å². The zero-order chi connectivity index (χ0) is 48.8. The van der Waals surface area contributed by atoms with Gasteiger partial charge in [0.05, 0.1) is 26.1 Å². The lowest BCUT2D eigenvalue weighted by Gasteiger charge is -2.22. The van der Waals surface area contributed by atoms with Crippen molar-refractivity contribution in [1.82, 2.24) is 4.90 Å². The van der Waals surface area contributed by atoms with Gasteiger partial charge < -0.3 is 38.4 Å². The third-order valence-electron chi connectivity index (χ3n) is 11.4. The highest BCUT2D eigenvalue weighted by Gasteiger charge is 2.15. The number of ether oxygens (including phenoxy) is 6. The molecule has 0 rings (SSSR count). The summed E-state index contributed by atoms with van der Waals surface area (Å²) in [5.74, 6) is -0.341. The number of rotatable bonds is 53. The van der Waals surface area contributed by atoms with Crippen molar-refractivity contribution in [3.8, 4) is 0 Å². The first kappa shape index (κ1) is 64.7. The lowest BCUT2D eigenvalue weighted by atomic mass is 10.1. The summed E-state index contributed by atoms with van der Waals surface area (Å²) in [5.41, 5.74) is 0. The number of aliphatic hydroxyl groups is 1. The predicted octanol–water partition coefficient (Wildman–Crippen LogP) is 14.5. The maximum absolute atomic E-state index is 12.5. The lowest BCUT2D eigenvalue weighted by molar-refractivity contribution is -0.159. The number of aliphatic hydroxyl groups excluding tert-OH is 1. The zero-order valence-electron chi connectivity index (χ0n) is 43.9. The van der Waals surface area contributed by atoms with Gasteiger partial charge in [-0.3, -0.25) is 9.59 Å². The van der Waals surface area contributed by atoms with Crippen molar-refractivity contribution in [3.05, 3.63) is 48.6 Å². The molecule has 0 saturated carbocycles. The Morgan fingerprint density at radius 3 is 1.01 bits per heavy atom. The molecular formula is C57H105NO9. The summed E-state index contributed by atoms with van der Waals surface area (Å²) in [5, 5.41) is 9.47. The van der Waals surface area contributed by atoms with Gasteiger partial charge >= 0.3 is 11.9 Å². The second-order valence-electron chi connectivity index (χ2n) is 17.8. The molecule has 0 aromatic heterocycles. The number of carbonyl (C=O) groups excluding carboxylic acids is 2. The van der Waals surface area contributed by atoms with Crippen molar-refractivity contribution in [2.75, 3.05) is 65.9 Å². The molecule has 0 heterocycles. The summed E-state index contributed by atoms with van der Waals surface area (Å²) in [4.78, 5) is 27.6. The Balaban J connectivity index is 4.24. The smallest absolute Gasteiger partial charge is 0.305 e. The molecule has 0 bridgehead atoms. The van der Waals surface area contributed by atoms with Crippen LogP contribution in [0, 0.1) is 0 Å². The number of hydrogen-bond acceptors (Lipinski definition) is 10. The van der Waals surface area contributed by atoms with Gasteiger partial charge in [-0.25, -0.2) is 0 Å². The van der Waals surface area contributed by atoms with Gasteiger partial charge in [0.1, 0.15) is 0 Å². The molecule has 0 atom stereocenters. The molecule has 0 aromatic carbocycles. The van der Waals surface area contributed by atoms with Gasteiger partial charge in [-0.1, -0.05) is 115 Å². The molecule has 0 unspecified atom stereocenters. The van der Waals surface area contributed by atoms with Crippen LogP contribution in [0.25, 0.3) is 0 Å². The summed E-state index contributed by atoms with van der Waals surface area (Å²) >= 11 is 0. The first-order valence-electron chi connectivity index (χ1n) is 27.7. The Morgan fingerprint density at radius 1 is 0.388 bits per heavy atom. The van der Waals surface area contributed by atoms with Crippen LogP contribution in [-0.4, -0.2) is 100 Å². The SMILES string of the molecule is CC/C=C/CCCCOC(CCC(=O)OCCCCCCCN(CCCO)CCCCCCCOC(=O)CCC(OCCCC/C=C/CC)OCCCC/C=C/CC)OCCCC/C=C/CC. The highest BCUT2D eigenvalue weighted by Crippen LogP contribution is 2.14. The van der Waals surface area contributed by atoms with E-state index in [9.17, 15) is 14.7 Å². The Hall–Kier alpha value is -2.34. The molecule has 0 radical (unpaired) electrons. The highest BCUT2D eigenvalue weighted by molar-refractivity contribution is 5.69. The molecule has 392 valence electrons. The predicted molar refractivity (Wildman–Crippen MR) is 279 cm³/mol. The fourth-order valence-electron chi connectivity index (χ4n) is 7.44. The lowest BCUT2D eigenvalue weighted by Crippen LogP contribution is -2.27. The van der Waals surface area contributed by atoms with Crippen LogP contribution in [0.2, 0.25) is 0 Å². The third kappa shape index (κ3) is 49.9. The topological polar surface area (TPSA) is 113 Å². The summed E-state index contributed by atoms with van der Waals surface area (Å²) in [6, 6.07) is 0. The molecule has 0 fully saturated rings. The third-order valence-corrected chi connectivity index (χ3v) is 11.4. The molecule has 0 aliphatic heterocycles. The number of unbranched alkanes of at least 4 members (excludes halogenated alkanes) is 16. The fourth-order valence-corrected chi connectivity index (χ4v) is 7.44. The van der Waals surface area contributed by atoms with Gasteiger partial charge in [-0.2, -0.15) is 0 Å². The minimum atomic E-state index is -0.363. The summed E-state index contributed by atoms with van der Waals surface area (Å²) in [7, 11) is 0. The number of allylic oxidation sites excluding steroid dienone is 8. The van der Waals surface area contributed by atoms with E-state index in [4.69, 9.17) is 28.4 Å². The number of nitrogens with zero attached hydrogens (tertiary/aromatic N) is 1. The molecule has 1 N–H and O–H groups in total. The summed E-state index contributed by atoms with van der Waals surface area (Å²) in [6.07, 6.45) is 47.1. The van der Waals surface area contributed by atoms with Crippen molar-refractivity contribution in [2.45, 2.75) is 239 Å². The van der Waals surface area contributed by atoms with Crippen LogP contribution >= 0.6 is 0 Å². The first-order valence-corrected chi connectivity index (χ1v) is 27.7. The van der Waals surface area contributed by atoms with E-state index in [1.807, 2.05) is 0 Å². The van der Waals surface area contributed by atoms with E-state index < -0.39 is 0 Å². The average molecular weight is 948 g/mol. The molecule has 0 aliphatic carbocycles. The zero-order valence-corrected chi connectivity index (χ0v) is 43.9. The van der Waals surface area contributed by atoms with E-state index in [2.05, 4.69) is 81.2 Å². The van der Waals surface area contributed by atoms with Crippen LogP contribution in [-0.2, 0) is 38.0 Å². The van der Waals surface area contributed by atoms with Crippen LogP contribution in [0.15, 0.2) is 48.6 Å². The van der Waals surface area contributed by atoms with Crippen LogP contribution in [0.4, 0.5) is 0 Å². The largest absolute Gasteiger partial charge is 0.466 e. The van der Waals surface area contributed by atoms with Gasteiger partial charge in [0.25, 0.3) is 0 Å². The van der Waals surface area contributed by atoms with Crippen molar-refractivity contribution in [1.29, 1.82) is 0 Å². The van der Waals surface area contributed by atoms with Crippen LogP contribution in [0.1, 0.15) is 227 Å². The Morgan fingerprint density at radius 2 is 0.687 bits per heavy atom. The second-order valence-corrected chi connectivity index (χ2v) is 17.8. The molecule has 10 nitrogen and oxygen atoms in total. The van der Waals surface area contributed by atoms with Gasteiger partial charge in [0.2, 0.25) is 0 Å². The first-order chi connectivity index (χ1) is 33.0. The summed E-state index contributed by atoms with van der Waals surface area (Å²) < 4.78 is 35.4. The van der Waals surface area contributed by atoms with Crippen molar-refractivity contribution in [2.24, 2.45) is 0 Å². The minimum Gasteiger partial charge on any atom is -0.466 e. The van der Waals surface area contributed by atoms with E-state index in [1.54, 1.807) is 0 Å². The molecule has 0 spiro atoms. The Labute approximate surface area is 412 Å². The molecule has 0 aliphatic rings. The van der Waals surface area contributed by atoms with E-state index in [0.29, 0.717) is 65.3 Å². The second kappa shape index (κ2) is 54.6. The van der Waals surface area contributed by atoms with Crippen LogP contribution in [0.5, 0.6) is 0 Å². The van der Waals surface area contributed by atoms with Gasteiger partial charge in [-0.15, -0.1) is 0 Å². The molecule has 0 amide bonds. The van der Waals surface area contributed by atoms with Gasteiger partial charge in [-0.05, 0) is 148 Å². The molecule has 0 saturated heterocycles. The maximum Gasteiger partial charge on any atom is 0.305 e. The number of carbonyl (C=O) groups is 2. The van der Waals surface area contributed by atoms with Crippen LogP contribution < -0.4 is 0 Å². The highest BCUT2D eigenvalue weighted by atomic mass is 16.7. The van der Waals surface area contributed by atoms with Gasteiger partial charge in [0, 0.05) is 52.4 Å². The number of esters is 2. The number of hydrogen-bond donors (Lipinski definition) is 1. The van der Waals surface area contributed by atoms with E-state index in [-0.39, 0.29) is 31.1 Å². The monoisotopic (exact) mass is 948 g/mol. The van der Waals surface area contributed by atoms with Crippen molar-refractivity contribution >= 4 is 11.9 Å². The average Bonchev–Trinajstić information content (AvgIpc) is 3.33. The molecule has 0 aromatic rings. The van der Waals surface area contributed by atoms with E-state index >= 15 is 0 Å². The standard InChI is InChI=1S/C57H105NO9/c1-5-9-13-17-25-35-50-64-56(65-51-36-26-18-14-10-6-2)42-40-54(60)62-48-33-29-21-23-31-44-58(46-39-47-59)45-32-24-22-30-34-49-63-55(61)41-43-57(66-52-37-27-19-15-11-7-3)67-53-38-28-20-16-12-8-4/h9-16,56-57,59H,5-8,17-53H2,1-4H3/b13-9+,14-10+,15-11+,16-12+. The molecular weight excluding hydrogens is 843 g/mol.